The van der Waals surface area contributed by atoms with Gasteiger partial charge in [0, 0.05) is 27.8 Å². The van der Waals surface area contributed by atoms with Gasteiger partial charge in [-0.2, -0.15) is 0 Å². The van der Waals surface area contributed by atoms with E-state index < -0.39 is 0 Å². The Hall–Kier alpha value is -0.390. The van der Waals surface area contributed by atoms with Crippen molar-refractivity contribution < 1.29 is 4.74 Å². The lowest BCUT2D eigenvalue weighted by molar-refractivity contribution is 0.303. The van der Waals surface area contributed by atoms with Crippen molar-refractivity contribution in [1.82, 2.24) is 4.98 Å². The average molecular weight is 436 g/mol. The van der Waals surface area contributed by atoms with Crippen molar-refractivity contribution in [1.29, 1.82) is 0 Å². The number of ether oxygens (including phenoxy) is 1. The highest BCUT2D eigenvalue weighted by molar-refractivity contribution is 9.11. The van der Waals surface area contributed by atoms with Crippen LogP contribution in [0.3, 0.4) is 0 Å². The molecule has 0 spiro atoms. The molecule has 0 aliphatic rings. The molecule has 0 fully saturated rings. The molecule has 0 saturated carbocycles. The van der Waals surface area contributed by atoms with Gasteiger partial charge >= 0.3 is 0 Å². The molecule has 5 heteroatoms. The molecule has 0 bridgehead atoms. The fourth-order valence-corrected chi connectivity index (χ4v) is 2.74. The van der Waals surface area contributed by atoms with Gasteiger partial charge in [0.25, 0.3) is 0 Å². The Labute approximate surface area is 131 Å². The predicted molar refractivity (Wildman–Crippen MR) is 83.0 cm³/mol. The molecule has 1 heterocycles. The SMILES string of the molecule is BrCc1ccc(OCc2cncc(Br)c2)c(Br)c1. The Kier molecular flexibility index (Phi) is 5.21. The summed E-state index contributed by atoms with van der Waals surface area (Å²) in [4.78, 5) is 4.10. The maximum absolute atomic E-state index is 5.75. The average Bonchev–Trinajstić information content (AvgIpc) is 2.37. The third-order valence-corrected chi connectivity index (χ3v) is 4.01. The number of aromatic nitrogens is 1. The van der Waals surface area contributed by atoms with Crippen LogP contribution in [0, 0.1) is 0 Å². The van der Waals surface area contributed by atoms with Crippen LogP contribution in [0.2, 0.25) is 0 Å². The lowest BCUT2D eigenvalue weighted by Gasteiger charge is -2.09. The summed E-state index contributed by atoms with van der Waals surface area (Å²) in [6.45, 7) is 0.499. The number of benzene rings is 1. The van der Waals surface area contributed by atoms with Crippen LogP contribution < -0.4 is 4.74 Å². The number of alkyl halides is 1. The standard InChI is InChI=1S/C13H10Br3NO/c14-5-9-1-2-13(12(16)4-9)18-8-10-3-11(15)7-17-6-10/h1-4,6-7H,5,8H2. The van der Waals surface area contributed by atoms with Gasteiger partial charge in [0.05, 0.1) is 4.47 Å². The zero-order chi connectivity index (χ0) is 13.0. The third-order valence-electron chi connectivity index (χ3n) is 2.31. The lowest BCUT2D eigenvalue weighted by Crippen LogP contribution is -1.97. The highest BCUT2D eigenvalue weighted by Crippen LogP contribution is 2.27. The van der Waals surface area contributed by atoms with Crippen molar-refractivity contribution in [2.24, 2.45) is 0 Å². The van der Waals surface area contributed by atoms with Crippen molar-refractivity contribution in [3.63, 3.8) is 0 Å². The molecule has 0 aliphatic heterocycles. The summed E-state index contributed by atoms with van der Waals surface area (Å²) >= 11 is 10.3. The van der Waals surface area contributed by atoms with E-state index in [0.29, 0.717) is 6.61 Å². The number of nitrogens with zero attached hydrogens (tertiary/aromatic N) is 1. The van der Waals surface area contributed by atoms with Crippen LogP contribution in [-0.2, 0) is 11.9 Å². The first kappa shape index (κ1) is 14.0. The highest BCUT2D eigenvalue weighted by Gasteiger charge is 2.03. The fraction of sp³-hybridized carbons (Fsp3) is 0.154. The lowest BCUT2D eigenvalue weighted by atomic mass is 10.2. The van der Waals surface area contributed by atoms with Crippen molar-refractivity contribution in [3.8, 4) is 5.75 Å². The summed E-state index contributed by atoms with van der Waals surface area (Å²) in [5, 5.41) is 0.835. The monoisotopic (exact) mass is 433 g/mol. The molecular weight excluding hydrogens is 426 g/mol. The molecule has 0 N–H and O–H groups in total. The van der Waals surface area contributed by atoms with E-state index in [-0.39, 0.29) is 0 Å². The normalized spacial score (nSPS) is 10.4. The van der Waals surface area contributed by atoms with Gasteiger partial charge in [-0.1, -0.05) is 22.0 Å². The van der Waals surface area contributed by atoms with Crippen molar-refractivity contribution >= 4 is 47.8 Å². The molecule has 1 aromatic carbocycles. The fourth-order valence-electron chi connectivity index (χ4n) is 1.44. The number of halogens is 3. The van der Waals surface area contributed by atoms with Crippen LogP contribution in [0.15, 0.2) is 45.6 Å². The van der Waals surface area contributed by atoms with E-state index in [9.17, 15) is 0 Å². The first-order chi connectivity index (χ1) is 8.69. The first-order valence-electron chi connectivity index (χ1n) is 5.25. The van der Waals surface area contributed by atoms with Gasteiger partial charge in [-0.15, -0.1) is 0 Å². The number of hydrogen-bond acceptors (Lipinski definition) is 2. The van der Waals surface area contributed by atoms with Gasteiger partial charge in [-0.05, 0) is 55.6 Å². The Balaban J connectivity index is 2.06. The summed E-state index contributed by atoms with van der Waals surface area (Å²) < 4.78 is 7.67. The second-order valence-corrected chi connectivity index (χ2v) is 6.03. The first-order valence-corrected chi connectivity index (χ1v) is 7.96. The van der Waals surface area contributed by atoms with E-state index in [2.05, 4.69) is 52.8 Å². The minimum absolute atomic E-state index is 0.499. The summed E-state index contributed by atoms with van der Waals surface area (Å²) in [7, 11) is 0. The molecule has 0 amide bonds. The van der Waals surface area contributed by atoms with Gasteiger partial charge in [0.15, 0.2) is 0 Å². The molecule has 0 aliphatic carbocycles. The molecule has 0 unspecified atom stereocenters. The summed E-state index contributed by atoms with van der Waals surface area (Å²) in [6.07, 6.45) is 3.55. The van der Waals surface area contributed by atoms with Crippen LogP contribution in [-0.4, -0.2) is 4.98 Å². The van der Waals surface area contributed by atoms with E-state index in [4.69, 9.17) is 4.74 Å². The molecule has 2 rings (SSSR count). The summed E-state index contributed by atoms with van der Waals surface area (Å²) in [6, 6.07) is 8.04. The molecule has 1 aromatic heterocycles. The van der Waals surface area contributed by atoms with Crippen LogP contribution in [0.25, 0.3) is 0 Å². The highest BCUT2D eigenvalue weighted by atomic mass is 79.9. The zero-order valence-electron chi connectivity index (χ0n) is 9.37. The Bertz CT molecular complexity index is 546. The van der Waals surface area contributed by atoms with Crippen molar-refractivity contribution in [3.05, 3.63) is 56.7 Å². The second kappa shape index (κ2) is 6.68. The van der Waals surface area contributed by atoms with Gasteiger partial charge in [0.1, 0.15) is 12.4 Å². The van der Waals surface area contributed by atoms with Crippen molar-refractivity contribution in [2.75, 3.05) is 0 Å². The molecule has 0 radical (unpaired) electrons. The topological polar surface area (TPSA) is 22.1 Å². The molecule has 0 atom stereocenters. The molecule has 18 heavy (non-hydrogen) atoms. The number of rotatable bonds is 4. The minimum atomic E-state index is 0.499. The van der Waals surface area contributed by atoms with Gasteiger partial charge in [0.2, 0.25) is 0 Å². The van der Waals surface area contributed by atoms with Crippen LogP contribution in [0.5, 0.6) is 5.75 Å². The van der Waals surface area contributed by atoms with E-state index in [1.165, 1.54) is 5.56 Å². The zero-order valence-corrected chi connectivity index (χ0v) is 14.1. The second-order valence-electron chi connectivity index (χ2n) is 3.70. The number of hydrogen-bond donors (Lipinski definition) is 0. The van der Waals surface area contributed by atoms with E-state index in [1.54, 1.807) is 12.4 Å². The smallest absolute Gasteiger partial charge is 0.134 e. The van der Waals surface area contributed by atoms with Gasteiger partial charge < -0.3 is 4.74 Å². The maximum Gasteiger partial charge on any atom is 0.134 e. The van der Waals surface area contributed by atoms with Crippen LogP contribution >= 0.6 is 47.8 Å². The largest absolute Gasteiger partial charge is 0.488 e. The molecule has 2 nitrogen and oxygen atoms in total. The van der Waals surface area contributed by atoms with Crippen LogP contribution in [0.4, 0.5) is 0 Å². The quantitative estimate of drug-likeness (QED) is 0.625. The third kappa shape index (κ3) is 3.80. The Morgan fingerprint density at radius 1 is 1.06 bits per heavy atom. The van der Waals surface area contributed by atoms with Crippen molar-refractivity contribution in [2.45, 2.75) is 11.9 Å². The Morgan fingerprint density at radius 2 is 1.89 bits per heavy atom. The Morgan fingerprint density at radius 3 is 2.56 bits per heavy atom. The molecule has 0 saturated heterocycles. The number of pyridine rings is 1. The predicted octanol–water partition coefficient (Wildman–Crippen LogP) is 5.08. The molecule has 94 valence electrons. The summed E-state index contributed by atoms with van der Waals surface area (Å²) in [5.41, 5.74) is 2.24. The summed E-state index contributed by atoms with van der Waals surface area (Å²) in [5.74, 6) is 0.833. The molecule has 2 aromatic rings. The van der Waals surface area contributed by atoms with Gasteiger partial charge in [-0.25, -0.2) is 0 Å². The van der Waals surface area contributed by atoms with Gasteiger partial charge in [-0.3, -0.25) is 4.98 Å². The van der Waals surface area contributed by atoms with Crippen LogP contribution in [0.1, 0.15) is 11.1 Å². The van der Waals surface area contributed by atoms with E-state index >= 15 is 0 Å². The molecular formula is C13H10Br3NO. The minimum Gasteiger partial charge on any atom is -0.488 e. The van der Waals surface area contributed by atoms with E-state index in [1.807, 2.05) is 24.3 Å². The van der Waals surface area contributed by atoms with E-state index in [0.717, 1.165) is 25.6 Å². The maximum atomic E-state index is 5.75.